The molecule has 0 heterocycles. The van der Waals surface area contributed by atoms with Gasteiger partial charge in [0.15, 0.2) is 0 Å². The minimum Gasteiger partial charge on any atom is -0.492 e. The van der Waals surface area contributed by atoms with Crippen molar-refractivity contribution in [2.75, 3.05) is 52.4 Å². The van der Waals surface area contributed by atoms with Crippen molar-refractivity contribution in [2.45, 2.75) is 223 Å². The quantitative estimate of drug-likeness (QED) is 0.0253. The van der Waals surface area contributed by atoms with Crippen molar-refractivity contribution in [3.05, 3.63) is 29.8 Å². The number of amides is 4. The molecule has 79 heavy (non-hydrogen) atoms. The first-order valence-electron chi connectivity index (χ1n) is 29.6. The molecular formula is C57H107N15O7. The Kier molecular flexibility index (Phi) is 41.5. The number of hydrogen-bond donors (Lipinski definition) is 14. The number of benzene rings is 1. The van der Waals surface area contributed by atoms with E-state index in [1.54, 1.807) is 0 Å². The zero-order valence-electron chi connectivity index (χ0n) is 48.2. The topological polar surface area (TPSA) is 419 Å². The van der Waals surface area contributed by atoms with Gasteiger partial charge in [0, 0.05) is 58.4 Å². The fourth-order valence-corrected chi connectivity index (χ4v) is 8.83. The van der Waals surface area contributed by atoms with Crippen LogP contribution in [0, 0.1) is 17.7 Å². The number of aryl methyl sites for hydroxylation is 1. The average molecular weight is 1110 g/mol. The summed E-state index contributed by atoms with van der Waals surface area (Å²) in [6.07, 6.45) is 18.6. The number of amidine groups is 2. The van der Waals surface area contributed by atoms with Gasteiger partial charge in [-0.2, -0.15) is 0 Å². The van der Waals surface area contributed by atoms with Crippen molar-refractivity contribution >= 4 is 46.9 Å². The first-order valence-corrected chi connectivity index (χ1v) is 29.6. The van der Waals surface area contributed by atoms with Crippen LogP contribution in [0.4, 0.5) is 0 Å². The van der Waals surface area contributed by atoms with Crippen LogP contribution in [-0.2, 0) is 28.8 Å². The van der Waals surface area contributed by atoms with Gasteiger partial charge in [-0.05, 0) is 135 Å². The Morgan fingerprint density at radius 1 is 0.418 bits per heavy atom. The lowest BCUT2D eigenvalue weighted by Gasteiger charge is -2.23. The van der Waals surface area contributed by atoms with E-state index in [0.717, 1.165) is 62.7 Å². The molecule has 0 fully saturated rings. The van der Waals surface area contributed by atoms with Gasteiger partial charge in [0.25, 0.3) is 0 Å². The number of nitrogens with one attached hydrogen (secondary N) is 6. The van der Waals surface area contributed by atoms with Gasteiger partial charge in [-0.25, -0.2) is 0 Å². The number of Topliss-reactive ketones (excluding diaryl/α,β-unsaturated/α-hetero) is 2. The van der Waals surface area contributed by atoms with Crippen LogP contribution in [0.3, 0.4) is 0 Å². The van der Waals surface area contributed by atoms with E-state index in [1.165, 1.54) is 0 Å². The van der Waals surface area contributed by atoms with Crippen LogP contribution in [0.2, 0.25) is 0 Å². The highest BCUT2D eigenvalue weighted by Gasteiger charge is 2.19. The lowest BCUT2D eigenvalue weighted by atomic mass is 10.00. The smallest absolute Gasteiger partial charge is 0.236 e. The highest BCUT2D eigenvalue weighted by molar-refractivity contribution is 5.85. The molecule has 0 aliphatic carbocycles. The molecule has 6 atom stereocenters. The third-order valence-electron chi connectivity index (χ3n) is 14.1. The Labute approximate surface area is 472 Å². The lowest BCUT2D eigenvalue weighted by Crippen LogP contribution is -2.42. The van der Waals surface area contributed by atoms with Crippen molar-refractivity contribution in [1.29, 1.82) is 10.8 Å². The van der Waals surface area contributed by atoms with Gasteiger partial charge in [0.1, 0.15) is 23.9 Å². The third-order valence-corrected chi connectivity index (χ3v) is 14.1. The molecule has 0 spiro atoms. The Morgan fingerprint density at radius 2 is 0.722 bits per heavy atom. The summed E-state index contributed by atoms with van der Waals surface area (Å²) in [7, 11) is 0. The largest absolute Gasteiger partial charge is 0.492 e. The Balaban J connectivity index is 2.29. The van der Waals surface area contributed by atoms with Crippen molar-refractivity contribution in [2.24, 2.45) is 45.9 Å². The van der Waals surface area contributed by atoms with Gasteiger partial charge in [0.05, 0.1) is 47.9 Å². The second-order valence-corrected chi connectivity index (χ2v) is 21.4. The summed E-state index contributed by atoms with van der Waals surface area (Å²) in [5, 5.41) is 26.2. The van der Waals surface area contributed by atoms with Crippen LogP contribution in [0.15, 0.2) is 24.3 Å². The van der Waals surface area contributed by atoms with Gasteiger partial charge in [0.2, 0.25) is 23.6 Å². The monoisotopic (exact) mass is 1110 g/mol. The summed E-state index contributed by atoms with van der Waals surface area (Å²) in [5.74, 6) is 0.357. The van der Waals surface area contributed by atoms with E-state index in [-0.39, 0.29) is 46.9 Å². The lowest BCUT2D eigenvalue weighted by molar-refractivity contribution is -0.123. The van der Waals surface area contributed by atoms with E-state index in [0.29, 0.717) is 181 Å². The number of unbranched alkanes of at least 4 members (excludes halogenated alkanes) is 10. The number of hydrogen-bond acceptors (Lipinski definition) is 16. The maximum absolute atomic E-state index is 12.8. The van der Waals surface area contributed by atoms with Crippen molar-refractivity contribution in [3.63, 3.8) is 0 Å². The molecule has 22 nitrogen and oxygen atoms in total. The van der Waals surface area contributed by atoms with Crippen LogP contribution in [0.25, 0.3) is 0 Å². The predicted molar refractivity (Wildman–Crippen MR) is 316 cm³/mol. The van der Waals surface area contributed by atoms with E-state index in [4.69, 9.17) is 61.4 Å². The van der Waals surface area contributed by atoms with Crippen LogP contribution in [0.5, 0.6) is 5.75 Å². The molecule has 0 radical (unpaired) electrons. The fourth-order valence-electron chi connectivity index (χ4n) is 8.83. The van der Waals surface area contributed by atoms with Crippen LogP contribution in [0.1, 0.15) is 185 Å². The Bertz CT molecular complexity index is 1770. The fraction of sp³-hybridized carbons (Fsp3) is 0.754. The molecule has 0 aliphatic rings. The maximum Gasteiger partial charge on any atom is 0.236 e. The molecule has 22 N–H and O–H groups in total. The van der Waals surface area contributed by atoms with Crippen LogP contribution >= 0.6 is 0 Å². The molecule has 1 aromatic carbocycles. The van der Waals surface area contributed by atoms with E-state index in [1.807, 2.05) is 31.2 Å². The summed E-state index contributed by atoms with van der Waals surface area (Å²) in [6, 6.07) is 4.35. The van der Waals surface area contributed by atoms with Gasteiger partial charge in [-0.15, -0.1) is 0 Å². The van der Waals surface area contributed by atoms with Crippen molar-refractivity contribution in [3.8, 4) is 5.75 Å². The molecule has 1 rings (SSSR count). The number of rotatable bonds is 52. The zero-order chi connectivity index (χ0) is 58.6. The molecule has 4 amide bonds. The Hall–Kier alpha value is -5.10. The summed E-state index contributed by atoms with van der Waals surface area (Å²) < 4.78 is 6.00. The summed E-state index contributed by atoms with van der Waals surface area (Å²) in [6.45, 7) is 6.40. The summed E-state index contributed by atoms with van der Waals surface area (Å²) in [5.41, 5.74) is 48.6. The molecule has 0 unspecified atom stereocenters. The molecule has 0 aliphatic heterocycles. The number of ketones is 2. The first-order chi connectivity index (χ1) is 37.8. The Morgan fingerprint density at radius 3 is 1.06 bits per heavy atom. The predicted octanol–water partition coefficient (Wildman–Crippen LogP) is 3.04. The highest BCUT2D eigenvalue weighted by atomic mass is 16.5. The van der Waals surface area contributed by atoms with Gasteiger partial charge >= 0.3 is 0 Å². The molecule has 1 aromatic rings. The molecule has 0 saturated heterocycles. The van der Waals surface area contributed by atoms with Crippen molar-refractivity contribution < 1.29 is 33.5 Å². The normalized spacial score (nSPS) is 13.6. The second kappa shape index (κ2) is 45.6. The number of ether oxygens (including phenoxy) is 1. The number of nitrogens with zero attached hydrogens (tertiary/aromatic N) is 1. The molecule has 0 bridgehead atoms. The van der Waals surface area contributed by atoms with Crippen molar-refractivity contribution in [1.82, 2.24) is 26.2 Å². The van der Waals surface area contributed by atoms with E-state index in [2.05, 4.69) is 26.2 Å². The van der Waals surface area contributed by atoms with Gasteiger partial charge in [-0.1, -0.05) is 69.1 Å². The second-order valence-electron chi connectivity index (χ2n) is 21.4. The molecule has 0 saturated carbocycles. The molecular weight excluding hydrogens is 1010 g/mol. The number of carbonyl (C=O) groups excluding carboxylic acids is 6. The van der Waals surface area contributed by atoms with Crippen LogP contribution in [-0.4, -0.2) is 140 Å². The number of carbonyl (C=O) groups is 6. The van der Waals surface area contributed by atoms with Crippen LogP contribution < -0.4 is 71.9 Å². The minimum atomic E-state index is -0.651. The molecule has 452 valence electrons. The molecule has 0 aromatic heterocycles. The zero-order valence-corrected chi connectivity index (χ0v) is 48.2. The standard InChI is InChI=1S/C57H107N15O7/c1-42-30-32-43(33-31-42)79-41-40-72(38-18-36-70-56(77)48(62)22-6-2-10-26-50(73)44(58)20-14-16-34-68-54(75)46(60)24-8-4-12-28-52(64)65)39-19-37-71-57(78)49(63)23-7-3-11-27-51(74)45(59)21-15-17-35-69-55(76)47(61)25-9-5-13-29-53(66)67/h30-33,44-49H,2-29,34-41,58-63H2,1H3,(H3,64,65)(H3,66,67)(H,68,75)(H,69,76)(H,70,77)(H,71,78)/t44-,45-,46-,47-,48-,49-/m0/s1. The minimum absolute atomic E-state index is 0.00886. The summed E-state index contributed by atoms with van der Waals surface area (Å²) in [4.78, 5) is 77.7. The van der Waals surface area contributed by atoms with E-state index < -0.39 is 36.3 Å². The van der Waals surface area contributed by atoms with E-state index in [9.17, 15) is 28.8 Å². The highest BCUT2D eigenvalue weighted by Crippen LogP contribution is 2.14. The summed E-state index contributed by atoms with van der Waals surface area (Å²) >= 11 is 0. The van der Waals surface area contributed by atoms with Gasteiger partial charge in [-0.3, -0.25) is 44.5 Å². The SMILES string of the molecule is Cc1ccc(OCCN(CCCNC(=O)[C@@H](N)CCCCCC(=O)[C@@H](N)CCCCNC(=O)[C@@H](N)CCCCCC(=N)N)CCCNC(=O)[C@@H](N)CCCCCC(=O)[C@@H](N)CCCCNC(=O)[C@@H](N)CCCCCC(=N)N)cc1. The maximum atomic E-state index is 12.8. The first kappa shape index (κ1) is 71.9. The van der Waals surface area contributed by atoms with Gasteiger partial charge < -0.3 is 71.9 Å². The number of nitrogens with two attached hydrogens (primary N) is 8. The molecule has 22 heteroatoms. The van der Waals surface area contributed by atoms with E-state index >= 15 is 0 Å². The third kappa shape index (κ3) is 39.0. The average Bonchev–Trinajstić information content (AvgIpc) is 3.41.